The van der Waals surface area contributed by atoms with Gasteiger partial charge in [-0.15, -0.1) is 0 Å². The first-order chi connectivity index (χ1) is 13.0. The molecule has 0 bridgehead atoms. The summed E-state index contributed by atoms with van der Waals surface area (Å²) in [4.78, 5) is 14.4. The van der Waals surface area contributed by atoms with E-state index in [4.69, 9.17) is 14.6 Å². The van der Waals surface area contributed by atoms with E-state index in [1.165, 1.54) is 0 Å². The van der Waals surface area contributed by atoms with Crippen molar-refractivity contribution in [2.45, 2.75) is 31.6 Å². The molecule has 0 saturated heterocycles. The Balaban J connectivity index is 2.45. The molecule has 0 aliphatic carbocycles. The zero-order chi connectivity index (χ0) is 19.8. The maximum atomic E-state index is 11.8. The van der Waals surface area contributed by atoms with Gasteiger partial charge in [0.05, 0.1) is 23.3 Å². The summed E-state index contributed by atoms with van der Waals surface area (Å²) in [6, 6.07) is 10.5. The molecule has 0 heterocycles. The first-order valence-corrected chi connectivity index (χ1v) is 9.76. The van der Waals surface area contributed by atoms with Crippen LogP contribution in [0.1, 0.15) is 37.0 Å². The average molecular weight is 391 g/mol. The SMILES string of the molecule is CCCCN(CC)c1cc(Oc2ccc(OC)cc2)c(SN)cc1C(=O)O. The Morgan fingerprint density at radius 1 is 1.19 bits per heavy atom. The highest BCUT2D eigenvalue weighted by atomic mass is 32.2. The van der Waals surface area contributed by atoms with Gasteiger partial charge in [-0.25, -0.2) is 4.79 Å². The van der Waals surface area contributed by atoms with Gasteiger partial charge >= 0.3 is 5.97 Å². The second-order valence-corrected chi connectivity index (χ2v) is 6.63. The quantitative estimate of drug-likeness (QED) is 0.565. The van der Waals surface area contributed by atoms with E-state index in [0.717, 1.165) is 37.1 Å². The Labute approximate surface area is 164 Å². The molecule has 0 aliphatic heterocycles. The molecule has 0 radical (unpaired) electrons. The van der Waals surface area contributed by atoms with Gasteiger partial charge in [0.15, 0.2) is 0 Å². The summed E-state index contributed by atoms with van der Waals surface area (Å²) in [6.45, 7) is 5.61. The number of anilines is 1. The molecule has 0 saturated carbocycles. The molecule has 0 spiro atoms. The number of carboxylic acid groups (broad SMARTS) is 1. The number of carboxylic acids is 1. The molecule has 27 heavy (non-hydrogen) atoms. The summed E-state index contributed by atoms with van der Waals surface area (Å²) >= 11 is 0.968. The second kappa shape index (κ2) is 10.1. The van der Waals surface area contributed by atoms with Gasteiger partial charge in [-0.3, -0.25) is 5.14 Å². The normalized spacial score (nSPS) is 10.5. The monoisotopic (exact) mass is 390 g/mol. The highest BCUT2D eigenvalue weighted by Gasteiger charge is 2.20. The molecule has 6 nitrogen and oxygen atoms in total. The Morgan fingerprint density at radius 2 is 1.85 bits per heavy atom. The van der Waals surface area contributed by atoms with Crippen molar-refractivity contribution in [1.29, 1.82) is 0 Å². The van der Waals surface area contributed by atoms with Crippen LogP contribution in [0.4, 0.5) is 5.69 Å². The van der Waals surface area contributed by atoms with Crippen LogP contribution in [0.25, 0.3) is 0 Å². The molecule has 0 atom stereocenters. The molecule has 2 rings (SSSR count). The number of carbonyl (C=O) groups is 1. The minimum atomic E-state index is -0.980. The molecule has 0 fully saturated rings. The van der Waals surface area contributed by atoms with Gasteiger partial charge in [0.1, 0.15) is 17.2 Å². The van der Waals surface area contributed by atoms with Crippen LogP contribution in [0.3, 0.4) is 0 Å². The van der Waals surface area contributed by atoms with Gasteiger partial charge < -0.3 is 19.5 Å². The van der Waals surface area contributed by atoms with Crippen LogP contribution in [-0.4, -0.2) is 31.3 Å². The summed E-state index contributed by atoms with van der Waals surface area (Å²) in [5.41, 5.74) is 0.864. The fraction of sp³-hybridized carbons (Fsp3) is 0.350. The van der Waals surface area contributed by atoms with E-state index in [-0.39, 0.29) is 5.56 Å². The van der Waals surface area contributed by atoms with Gasteiger partial charge in [-0.05, 0) is 55.6 Å². The standard InChI is InChI=1S/C20H26N2O4S/c1-4-6-11-22(5-2)17-13-18(19(27-21)12-16(17)20(23)24)26-15-9-7-14(25-3)8-10-15/h7-10,12-13H,4-6,11,21H2,1-3H3,(H,23,24). The molecular weight excluding hydrogens is 364 g/mol. The fourth-order valence-corrected chi connectivity index (χ4v) is 3.13. The minimum Gasteiger partial charge on any atom is -0.497 e. The van der Waals surface area contributed by atoms with Crippen molar-refractivity contribution in [1.82, 2.24) is 0 Å². The van der Waals surface area contributed by atoms with Gasteiger partial charge in [0.25, 0.3) is 0 Å². The van der Waals surface area contributed by atoms with Crippen molar-refractivity contribution >= 4 is 23.6 Å². The minimum absolute atomic E-state index is 0.225. The summed E-state index contributed by atoms with van der Waals surface area (Å²) in [5.74, 6) is 0.903. The Bertz CT molecular complexity index is 765. The molecule has 2 aromatic carbocycles. The van der Waals surface area contributed by atoms with E-state index < -0.39 is 5.97 Å². The average Bonchev–Trinajstić information content (AvgIpc) is 2.69. The Hall–Kier alpha value is -2.38. The van der Waals surface area contributed by atoms with Crippen LogP contribution >= 0.6 is 11.9 Å². The number of nitrogens with two attached hydrogens (primary N) is 1. The van der Waals surface area contributed by atoms with Crippen molar-refractivity contribution in [3.8, 4) is 17.2 Å². The van der Waals surface area contributed by atoms with Crippen molar-refractivity contribution in [2.75, 3.05) is 25.1 Å². The van der Waals surface area contributed by atoms with Crippen LogP contribution in [0.2, 0.25) is 0 Å². The smallest absolute Gasteiger partial charge is 0.337 e. The number of benzene rings is 2. The fourth-order valence-electron chi connectivity index (χ4n) is 2.72. The molecule has 7 heteroatoms. The zero-order valence-corrected chi connectivity index (χ0v) is 16.7. The number of ether oxygens (including phenoxy) is 2. The molecule has 0 amide bonds. The maximum absolute atomic E-state index is 11.8. The largest absolute Gasteiger partial charge is 0.497 e. The number of aromatic carboxylic acids is 1. The summed E-state index contributed by atoms with van der Waals surface area (Å²) in [5, 5.41) is 15.4. The number of nitrogens with zero attached hydrogens (tertiary/aromatic N) is 1. The van der Waals surface area contributed by atoms with Crippen LogP contribution in [-0.2, 0) is 0 Å². The third kappa shape index (κ3) is 5.30. The van der Waals surface area contributed by atoms with Gasteiger partial charge in [0, 0.05) is 19.2 Å². The first kappa shape index (κ1) is 20.9. The zero-order valence-electron chi connectivity index (χ0n) is 15.9. The van der Waals surface area contributed by atoms with E-state index >= 15 is 0 Å². The molecule has 0 aliphatic rings. The lowest BCUT2D eigenvalue weighted by Crippen LogP contribution is -2.26. The summed E-state index contributed by atoms with van der Waals surface area (Å²) < 4.78 is 11.2. The number of methoxy groups -OCH3 is 1. The highest BCUT2D eigenvalue weighted by molar-refractivity contribution is 7.97. The molecular formula is C20H26N2O4S. The van der Waals surface area contributed by atoms with Crippen LogP contribution < -0.4 is 19.5 Å². The molecule has 146 valence electrons. The van der Waals surface area contributed by atoms with E-state index in [9.17, 15) is 9.90 Å². The molecule has 3 N–H and O–H groups in total. The number of hydrogen-bond acceptors (Lipinski definition) is 6. The van der Waals surface area contributed by atoms with Crippen molar-refractivity contribution in [3.63, 3.8) is 0 Å². The Morgan fingerprint density at radius 3 is 2.37 bits per heavy atom. The van der Waals surface area contributed by atoms with Crippen molar-refractivity contribution in [3.05, 3.63) is 42.0 Å². The second-order valence-electron chi connectivity index (χ2n) is 5.95. The van der Waals surface area contributed by atoms with Gasteiger partial charge in [-0.1, -0.05) is 13.3 Å². The summed E-state index contributed by atoms with van der Waals surface area (Å²) in [6.07, 6.45) is 2.01. The van der Waals surface area contributed by atoms with Gasteiger partial charge in [0.2, 0.25) is 0 Å². The maximum Gasteiger partial charge on any atom is 0.337 e. The number of rotatable bonds is 10. The lowest BCUT2D eigenvalue weighted by Gasteiger charge is -2.26. The molecule has 0 unspecified atom stereocenters. The lowest BCUT2D eigenvalue weighted by molar-refractivity contribution is 0.0697. The van der Waals surface area contributed by atoms with E-state index in [1.807, 2.05) is 6.92 Å². The summed E-state index contributed by atoms with van der Waals surface area (Å²) in [7, 11) is 1.60. The van der Waals surface area contributed by atoms with E-state index in [1.54, 1.807) is 43.5 Å². The molecule has 2 aromatic rings. The first-order valence-electron chi connectivity index (χ1n) is 8.88. The topological polar surface area (TPSA) is 85.0 Å². The third-order valence-electron chi connectivity index (χ3n) is 4.21. The number of unbranched alkanes of at least 4 members (excludes halogenated alkanes) is 1. The Kier molecular flexibility index (Phi) is 7.82. The highest BCUT2D eigenvalue weighted by Crippen LogP contribution is 2.37. The van der Waals surface area contributed by atoms with Gasteiger partial charge in [-0.2, -0.15) is 0 Å². The third-order valence-corrected chi connectivity index (χ3v) is 4.78. The van der Waals surface area contributed by atoms with Crippen LogP contribution in [0.15, 0.2) is 41.3 Å². The molecule has 0 aromatic heterocycles. The van der Waals surface area contributed by atoms with Crippen molar-refractivity contribution in [2.24, 2.45) is 5.14 Å². The predicted octanol–water partition coefficient (Wildman–Crippen LogP) is 4.78. The van der Waals surface area contributed by atoms with Crippen LogP contribution in [0.5, 0.6) is 17.2 Å². The number of hydrogen-bond donors (Lipinski definition) is 2. The van der Waals surface area contributed by atoms with Crippen LogP contribution in [0, 0.1) is 0 Å². The lowest BCUT2D eigenvalue weighted by atomic mass is 10.1. The van der Waals surface area contributed by atoms with Crippen molar-refractivity contribution < 1.29 is 19.4 Å². The predicted molar refractivity (Wildman–Crippen MR) is 109 cm³/mol. The van der Waals surface area contributed by atoms with E-state index in [2.05, 4.69) is 11.8 Å². The van der Waals surface area contributed by atoms with E-state index in [0.29, 0.717) is 28.6 Å².